The van der Waals surface area contributed by atoms with Crippen LogP contribution in [0.2, 0.25) is 0 Å². The van der Waals surface area contributed by atoms with Crippen molar-refractivity contribution < 1.29 is 9.59 Å². The molecule has 1 aromatic heterocycles. The Morgan fingerprint density at radius 2 is 1.74 bits per heavy atom. The van der Waals surface area contributed by atoms with Gasteiger partial charge >= 0.3 is 0 Å². The van der Waals surface area contributed by atoms with Gasteiger partial charge in [-0.15, -0.1) is 0 Å². The number of hydrogen-bond donors (Lipinski definition) is 0. The van der Waals surface area contributed by atoms with Gasteiger partial charge in [0.25, 0.3) is 0 Å². The van der Waals surface area contributed by atoms with Crippen LogP contribution in [-0.2, 0) is 4.79 Å². The summed E-state index contributed by atoms with van der Waals surface area (Å²) < 4.78 is 2.21. The predicted molar refractivity (Wildman–Crippen MR) is 91.9 cm³/mol. The van der Waals surface area contributed by atoms with Gasteiger partial charge in [0, 0.05) is 55.6 Å². The van der Waals surface area contributed by atoms with Gasteiger partial charge in [0.05, 0.1) is 6.54 Å². The number of ketones is 1. The summed E-state index contributed by atoms with van der Waals surface area (Å²) in [7, 11) is 0. The number of carbonyl (C=O) groups is 2. The fourth-order valence-corrected chi connectivity index (χ4v) is 3.52. The Morgan fingerprint density at radius 1 is 1.13 bits per heavy atom. The maximum absolute atomic E-state index is 12.7. The first-order valence-electron chi connectivity index (χ1n) is 8.56. The molecule has 1 aliphatic rings. The number of aryl methyl sites for hydroxylation is 1. The van der Waals surface area contributed by atoms with Crippen molar-refractivity contribution in [1.82, 2.24) is 14.4 Å². The minimum absolute atomic E-state index is 0.181. The second-order valence-corrected chi connectivity index (χ2v) is 6.68. The third-order valence-corrected chi connectivity index (χ3v) is 4.70. The molecule has 1 aliphatic heterocycles. The summed E-state index contributed by atoms with van der Waals surface area (Å²) >= 11 is 0. The fraction of sp³-hybridized carbons (Fsp3) is 0.667. The molecule has 0 atom stereocenters. The lowest BCUT2D eigenvalue weighted by Gasteiger charge is -2.34. The van der Waals surface area contributed by atoms with Crippen LogP contribution in [0.5, 0.6) is 0 Å². The maximum atomic E-state index is 12.7. The Balaban J connectivity index is 1.99. The lowest BCUT2D eigenvalue weighted by Crippen LogP contribution is -2.49. The van der Waals surface area contributed by atoms with Crippen LogP contribution in [0.3, 0.4) is 0 Å². The second kappa shape index (κ2) is 7.30. The molecule has 0 aromatic carbocycles. The zero-order chi connectivity index (χ0) is 17.1. The van der Waals surface area contributed by atoms with Crippen molar-refractivity contribution in [1.29, 1.82) is 0 Å². The van der Waals surface area contributed by atoms with E-state index in [0.717, 1.165) is 43.1 Å². The topological polar surface area (TPSA) is 45.6 Å². The molecule has 1 saturated heterocycles. The minimum atomic E-state index is 0.181. The van der Waals surface area contributed by atoms with E-state index >= 15 is 0 Å². The zero-order valence-corrected chi connectivity index (χ0v) is 15.1. The average Bonchev–Trinajstić information content (AvgIpc) is 2.82. The molecule has 0 spiro atoms. The van der Waals surface area contributed by atoms with Crippen LogP contribution in [0.15, 0.2) is 6.07 Å². The SMILES string of the molecule is CCC(=O)N1CCN(CC(=O)c2cc(C)n(C(C)C)c2C)CC1. The van der Waals surface area contributed by atoms with Crippen LogP contribution in [0.4, 0.5) is 0 Å². The number of piperazine rings is 1. The van der Waals surface area contributed by atoms with Crippen molar-refractivity contribution in [2.24, 2.45) is 0 Å². The number of amides is 1. The first kappa shape index (κ1) is 17.7. The third-order valence-electron chi connectivity index (χ3n) is 4.70. The first-order valence-corrected chi connectivity index (χ1v) is 8.56. The molecule has 0 saturated carbocycles. The predicted octanol–water partition coefficient (Wildman–Crippen LogP) is 2.42. The Kier molecular flexibility index (Phi) is 5.63. The van der Waals surface area contributed by atoms with Crippen molar-refractivity contribution in [2.45, 2.75) is 47.1 Å². The largest absolute Gasteiger partial charge is 0.346 e. The van der Waals surface area contributed by atoms with E-state index in [9.17, 15) is 9.59 Å². The van der Waals surface area contributed by atoms with Crippen LogP contribution in [0, 0.1) is 13.8 Å². The van der Waals surface area contributed by atoms with Gasteiger partial charge in [-0.2, -0.15) is 0 Å². The maximum Gasteiger partial charge on any atom is 0.222 e. The molecule has 2 heterocycles. The molecular weight excluding hydrogens is 290 g/mol. The molecule has 1 fully saturated rings. The van der Waals surface area contributed by atoms with Crippen LogP contribution >= 0.6 is 0 Å². The summed E-state index contributed by atoms with van der Waals surface area (Å²) in [6, 6.07) is 2.37. The monoisotopic (exact) mass is 319 g/mol. The average molecular weight is 319 g/mol. The van der Waals surface area contributed by atoms with Crippen LogP contribution in [0.1, 0.15) is 55.0 Å². The third kappa shape index (κ3) is 3.83. The van der Waals surface area contributed by atoms with Gasteiger partial charge in [0.15, 0.2) is 5.78 Å². The van der Waals surface area contributed by atoms with E-state index < -0.39 is 0 Å². The first-order chi connectivity index (χ1) is 10.8. The molecule has 0 unspecified atom stereocenters. The van der Waals surface area contributed by atoms with Crippen molar-refractivity contribution >= 4 is 11.7 Å². The Labute approximate surface area is 139 Å². The van der Waals surface area contributed by atoms with Crippen LogP contribution in [-0.4, -0.2) is 58.8 Å². The number of nitrogens with zero attached hydrogens (tertiary/aromatic N) is 3. The highest BCUT2D eigenvalue weighted by Crippen LogP contribution is 2.21. The zero-order valence-electron chi connectivity index (χ0n) is 15.1. The molecule has 1 aromatic rings. The van der Waals surface area contributed by atoms with Crippen molar-refractivity contribution in [3.63, 3.8) is 0 Å². The Hall–Kier alpha value is -1.62. The van der Waals surface area contributed by atoms with Gasteiger partial charge in [-0.25, -0.2) is 0 Å². The molecule has 23 heavy (non-hydrogen) atoms. The van der Waals surface area contributed by atoms with E-state index in [1.807, 2.05) is 24.8 Å². The number of aromatic nitrogens is 1. The van der Waals surface area contributed by atoms with E-state index in [1.165, 1.54) is 0 Å². The van der Waals surface area contributed by atoms with Gasteiger partial charge in [-0.05, 0) is 33.8 Å². The summed E-state index contributed by atoms with van der Waals surface area (Å²) in [5.41, 5.74) is 3.03. The Morgan fingerprint density at radius 3 is 2.22 bits per heavy atom. The van der Waals surface area contributed by atoms with E-state index in [4.69, 9.17) is 0 Å². The molecule has 0 radical (unpaired) electrons. The van der Waals surface area contributed by atoms with Gasteiger partial charge in [-0.3, -0.25) is 14.5 Å². The summed E-state index contributed by atoms with van der Waals surface area (Å²) in [6.07, 6.45) is 0.556. The summed E-state index contributed by atoms with van der Waals surface area (Å²) in [5.74, 6) is 0.386. The molecular formula is C18H29N3O2. The molecule has 1 amide bonds. The number of carbonyl (C=O) groups excluding carboxylic acids is 2. The fourth-order valence-electron chi connectivity index (χ4n) is 3.52. The summed E-state index contributed by atoms with van der Waals surface area (Å²) in [4.78, 5) is 28.4. The molecule has 0 aliphatic carbocycles. The minimum Gasteiger partial charge on any atom is -0.346 e. The quantitative estimate of drug-likeness (QED) is 0.783. The van der Waals surface area contributed by atoms with Gasteiger partial charge in [0.1, 0.15) is 0 Å². The second-order valence-electron chi connectivity index (χ2n) is 6.68. The lowest BCUT2D eigenvalue weighted by molar-refractivity contribution is -0.132. The Bertz CT molecular complexity index is 581. The van der Waals surface area contributed by atoms with Crippen molar-refractivity contribution in [3.05, 3.63) is 23.0 Å². The highest BCUT2D eigenvalue weighted by Gasteiger charge is 2.23. The van der Waals surface area contributed by atoms with Crippen molar-refractivity contribution in [2.75, 3.05) is 32.7 Å². The smallest absolute Gasteiger partial charge is 0.222 e. The number of hydrogen-bond acceptors (Lipinski definition) is 3. The van der Waals surface area contributed by atoms with Crippen LogP contribution in [0.25, 0.3) is 0 Å². The lowest BCUT2D eigenvalue weighted by atomic mass is 10.1. The molecule has 2 rings (SSSR count). The van der Waals surface area contributed by atoms with Gasteiger partial charge in [0.2, 0.25) is 5.91 Å². The molecule has 0 N–H and O–H groups in total. The van der Waals surface area contributed by atoms with E-state index in [-0.39, 0.29) is 11.7 Å². The van der Waals surface area contributed by atoms with Crippen LogP contribution < -0.4 is 0 Å². The summed E-state index contributed by atoms with van der Waals surface area (Å²) in [6.45, 7) is 13.7. The van der Waals surface area contributed by atoms with E-state index in [2.05, 4.69) is 30.2 Å². The highest BCUT2D eigenvalue weighted by atomic mass is 16.2. The van der Waals surface area contributed by atoms with Gasteiger partial charge < -0.3 is 9.47 Å². The molecule has 0 bridgehead atoms. The van der Waals surface area contributed by atoms with Crippen molar-refractivity contribution in [3.8, 4) is 0 Å². The molecule has 5 heteroatoms. The standard InChI is InChI=1S/C18H29N3O2/c1-6-18(23)20-9-7-19(8-10-20)12-17(22)16-11-14(4)21(13(2)3)15(16)5/h11,13H,6-10,12H2,1-5H3. The van der Waals surface area contributed by atoms with E-state index in [1.54, 1.807) is 0 Å². The molecule has 5 nitrogen and oxygen atoms in total. The molecule has 128 valence electrons. The highest BCUT2D eigenvalue weighted by molar-refractivity contribution is 5.99. The van der Waals surface area contributed by atoms with Gasteiger partial charge in [-0.1, -0.05) is 6.92 Å². The van der Waals surface area contributed by atoms with E-state index in [0.29, 0.717) is 19.0 Å². The summed E-state index contributed by atoms with van der Waals surface area (Å²) in [5, 5.41) is 0. The normalized spacial score (nSPS) is 16.2. The number of Topliss-reactive ketones (excluding diaryl/α,β-unsaturated/α-hetero) is 1. The number of rotatable bonds is 5.